The van der Waals surface area contributed by atoms with E-state index in [9.17, 15) is 4.79 Å². The molecule has 21 heavy (non-hydrogen) atoms. The second-order valence-electron chi connectivity index (χ2n) is 5.32. The number of nitrogens with two attached hydrogens (primary N) is 1. The first-order valence-corrected chi connectivity index (χ1v) is 7.28. The average molecular weight is 286 g/mol. The van der Waals surface area contributed by atoms with Crippen molar-refractivity contribution in [3.8, 4) is 17.0 Å². The fourth-order valence-corrected chi connectivity index (χ4v) is 2.28. The quantitative estimate of drug-likeness (QED) is 0.915. The lowest BCUT2D eigenvalue weighted by Gasteiger charge is -2.17. The molecule has 0 aliphatic rings. The summed E-state index contributed by atoms with van der Waals surface area (Å²) in [7, 11) is 0. The number of nitrogens with zero attached hydrogens (tertiary/aromatic N) is 1. The van der Waals surface area contributed by atoms with Crippen molar-refractivity contribution in [2.45, 2.75) is 33.2 Å². The van der Waals surface area contributed by atoms with Crippen LogP contribution in [0.3, 0.4) is 0 Å². The first-order valence-electron chi connectivity index (χ1n) is 7.28. The molecule has 0 aliphatic heterocycles. The summed E-state index contributed by atoms with van der Waals surface area (Å²) in [5.74, 6) is 0.814. The molecule has 0 saturated heterocycles. The number of pyridine rings is 1. The predicted octanol–water partition coefficient (Wildman–Crippen LogP) is 3.47. The van der Waals surface area contributed by atoms with E-state index in [1.54, 1.807) is 10.6 Å². The minimum atomic E-state index is -0.151. The van der Waals surface area contributed by atoms with Crippen LogP contribution in [0.4, 0.5) is 5.69 Å². The molecule has 0 saturated carbocycles. The molecule has 1 heterocycles. The minimum absolute atomic E-state index is 0.0382. The Balaban J connectivity index is 2.52. The molecular formula is C17H22N2O2. The van der Waals surface area contributed by atoms with Crippen LogP contribution in [0.5, 0.6) is 5.75 Å². The lowest BCUT2D eigenvalue weighted by molar-refractivity contribution is 0.317. The smallest absolute Gasteiger partial charge is 0.274 e. The lowest BCUT2D eigenvalue weighted by atomic mass is 10.1. The number of rotatable bonds is 5. The summed E-state index contributed by atoms with van der Waals surface area (Å²) in [5.41, 5.74) is 7.67. The Hall–Kier alpha value is -2.23. The Bertz CT molecular complexity index is 675. The highest BCUT2D eigenvalue weighted by Crippen LogP contribution is 2.25. The Labute approximate surface area is 125 Å². The van der Waals surface area contributed by atoms with Crippen LogP contribution in [-0.4, -0.2) is 11.2 Å². The molecule has 4 heteroatoms. The number of anilines is 1. The van der Waals surface area contributed by atoms with E-state index in [2.05, 4.69) is 6.92 Å². The van der Waals surface area contributed by atoms with Crippen LogP contribution >= 0.6 is 0 Å². The molecular weight excluding hydrogens is 264 g/mol. The van der Waals surface area contributed by atoms with E-state index in [4.69, 9.17) is 10.5 Å². The summed E-state index contributed by atoms with van der Waals surface area (Å²) in [6, 6.07) is 11.4. The monoisotopic (exact) mass is 286 g/mol. The van der Waals surface area contributed by atoms with Crippen LogP contribution in [0.1, 0.15) is 33.2 Å². The summed E-state index contributed by atoms with van der Waals surface area (Å²) in [4.78, 5) is 12.3. The lowest BCUT2D eigenvalue weighted by Crippen LogP contribution is -2.25. The molecule has 112 valence electrons. The van der Waals surface area contributed by atoms with Gasteiger partial charge in [0, 0.05) is 11.6 Å². The number of hydrogen-bond donors (Lipinski definition) is 1. The van der Waals surface area contributed by atoms with Gasteiger partial charge < -0.3 is 15.0 Å². The van der Waals surface area contributed by atoms with Gasteiger partial charge in [0.05, 0.1) is 18.0 Å². The summed E-state index contributed by atoms with van der Waals surface area (Å²) in [6.07, 6.45) is 0.961. The molecule has 0 radical (unpaired) electrons. The van der Waals surface area contributed by atoms with Crippen molar-refractivity contribution in [3.63, 3.8) is 0 Å². The van der Waals surface area contributed by atoms with E-state index in [1.807, 2.05) is 44.2 Å². The standard InChI is InChI=1S/C17H22N2O2/c1-4-10-21-14-7-5-6-13(11-14)16-9-8-15(18)17(20)19(16)12(2)3/h5-9,11-12H,4,10,18H2,1-3H3. The molecule has 0 atom stereocenters. The maximum absolute atomic E-state index is 12.3. The third-order valence-electron chi connectivity index (χ3n) is 3.27. The van der Waals surface area contributed by atoms with E-state index in [0.717, 1.165) is 23.4 Å². The SMILES string of the molecule is CCCOc1cccc(-c2ccc(N)c(=O)n2C(C)C)c1. The summed E-state index contributed by atoms with van der Waals surface area (Å²) < 4.78 is 7.38. The zero-order valence-electron chi connectivity index (χ0n) is 12.8. The molecule has 2 rings (SSSR count). The Morgan fingerprint density at radius 1 is 1.24 bits per heavy atom. The van der Waals surface area contributed by atoms with Gasteiger partial charge in [0.15, 0.2) is 0 Å². The molecule has 0 spiro atoms. The van der Waals surface area contributed by atoms with Gasteiger partial charge in [0.25, 0.3) is 5.56 Å². The van der Waals surface area contributed by atoms with Crippen molar-refractivity contribution in [1.29, 1.82) is 0 Å². The second-order valence-corrected chi connectivity index (χ2v) is 5.32. The summed E-state index contributed by atoms with van der Waals surface area (Å²) in [5, 5.41) is 0. The largest absolute Gasteiger partial charge is 0.494 e. The normalized spacial score (nSPS) is 10.9. The van der Waals surface area contributed by atoms with Crippen molar-refractivity contribution >= 4 is 5.69 Å². The van der Waals surface area contributed by atoms with Crippen molar-refractivity contribution < 1.29 is 4.74 Å². The molecule has 0 bridgehead atoms. The Kier molecular flexibility index (Phi) is 4.68. The second kappa shape index (κ2) is 6.48. The zero-order valence-corrected chi connectivity index (χ0v) is 12.8. The molecule has 2 aromatic rings. The van der Waals surface area contributed by atoms with Gasteiger partial charge >= 0.3 is 0 Å². The Morgan fingerprint density at radius 2 is 2.00 bits per heavy atom. The predicted molar refractivity (Wildman–Crippen MR) is 86.7 cm³/mol. The van der Waals surface area contributed by atoms with Crippen LogP contribution in [0.2, 0.25) is 0 Å². The molecule has 1 aromatic carbocycles. The van der Waals surface area contributed by atoms with Gasteiger partial charge in [-0.1, -0.05) is 19.1 Å². The number of benzene rings is 1. The Morgan fingerprint density at radius 3 is 2.67 bits per heavy atom. The molecule has 0 aliphatic carbocycles. The molecule has 2 N–H and O–H groups in total. The topological polar surface area (TPSA) is 57.2 Å². The maximum atomic E-state index is 12.3. The molecule has 0 unspecified atom stereocenters. The number of nitrogen functional groups attached to an aromatic ring is 1. The van der Waals surface area contributed by atoms with E-state index >= 15 is 0 Å². The van der Waals surface area contributed by atoms with Crippen LogP contribution in [0.15, 0.2) is 41.2 Å². The average Bonchev–Trinajstić information content (AvgIpc) is 2.47. The van der Waals surface area contributed by atoms with Crippen molar-refractivity contribution in [3.05, 3.63) is 46.8 Å². The molecule has 4 nitrogen and oxygen atoms in total. The highest BCUT2D eigenvalue weighted by atomic mass is 16.5. The van der Waals surface area contributed by atoms with E-state index in [1.165, 1.54) is 0 Å². The van der Waals surface area contributed by atoms with Crippen molar-refractivity contribution in [2.24, 2.45) is 0 Å². The summed E-state index contributed by atoms with van der Waals surface area (Å²) in [6.45, 7) is 6.70. The first kappa shape index (κ1) is 15.2. The molecule has 0 amide bonds. The zero-order chi connectivity index (χ0) is 15.4. The number of aromatic nitrogens is 1. The van der Waals surface area contributed by atoms with Crippen LogP contribution in [-0.2, 0) is 0 Å². The van der Waals surface area contributed by atoms with Gasteiger partial charge in [-0.15, -0.1) is 0 Å². The van der Waals surface area contributed by atoms with Crippen LogP contribution in [0.25, 0.3) is 11.3 Å². The van der Waals surface area contributed by atoms with Gasteiger partial charge in [-0.2, -0.15) is 0 Å². The highest BCUT2D eigenvalue weighted by Gasteiger charge is 2.12. The van der Waals surface area contributed by atoms with Crippen LogP contribution < -0.4 is 16.0 Å². The molecule has 1 aromatic heterocycles. The van der Waals surface area contributed by atoms with Gasteiger partial charge in [0.1, 0.15) is 5.75 Å². The van der Waals surface area contributed by atoms with E-state index in [-0.39, 0.29) is 17.3 Å². The van der Waals surface area contributed by atoms with Gasteiger partial charge in [-0.05, 0) is 44.5 Å². The van der Waals surface area contributed by atoms with Crippen molar-refractivity contribution in [1.82, 2.24) is 4.57 Å². The third kappa shape index (κ3) is 3.27. The third-order valence-corrected chi connectivity index (χ3v) is 3.27. The first-order chi connectivity index (χ1) is 10.0. The summed E-state index contributed by atoms with van der Waals surface area (Å²) >= 11 is 0. The van der Waals surface area contributed by atoms with Gasteiger partial charge in [0.2, 0.25) is 0 Å². The highest BCUT2D eigenvalue weighted by molar-refractivity contribution is 5.63. The van der Waals surface area contributed by atoms with Gasteiger partial charge in [-0.25, -0.2) is 0 Å². The van der Waals surface area contributed by atoms with Crippen LogP contribution in [0, 0.1) is 0 Å². The maximum Gasteiger partial charge on any atom is 0.274 e. The van der Waals surface area contributed by atoms with E-state index < -0.39 is 0 Å². The molecule has 0 fully saturated rings. The fraction of sp³-hybridized carbons (Fsp3) is 0.353. The fourth-order valence-electron chi connectivity index (χ4n) is 2.28. The van der Waals surface area contributed by atoms with Gasteiger partial charge in [-0.3, -0.25) is 4.79 Å². The minimum Gasteiger partial charge on any atom is -0.494 e. The number of hydrogen-bond acceptors (Lipinski definition) is 3. The van der Waals surface area contributed by atoms with Crippen molar-refractivity contribution in [2.75, 3.05) is 12.3 Å². The number of ether oxygens (including phenoxy) is 1. The van der Waals surface area contributed by atoms with E-state index in [0.29, 0.717) is 6.61 Å².